The first kappa shape index (κ1) is 48.4. The van der Waals surface area contributed by atoms with Crippen LogP contribution in [0.25, 0.3) is 0 Å². The average molecular weight is 600 g/mol. The summed E-state index contributed by atoms with van der Waals surface area (Å²) in [6, 6.07) is 0. The van der Waals surface area contributed by atoms with E-state index in [4.69, 9.17) is 9.11 Å². The summed E-state index contributed by atoms with van der Waals surface area (Å²) in [6.45, 7) is -0.949. The van der Waals surface area contributed by atoms with Crippen LogP contribution in [-0.2, 0) is 58.8 Å². The fraction of sp³-hybridized carbons (Fsp3) is 0.636. The summed E-state index contributed by atoms with van der Waals surface area (Å²) in [6.07, 6.45) is -2.73. The van der Waals surface area contributed by atoms with Gasteiger partial charge in [-0.2, -0.15) is 16.8 Å². The quantitative estimate of drug-likeness (QED) is 0.223. The molecule has 2 saturated heterocycles. The third kappa shape index (κ3) is 16.6. The normalized spacial score (nSPS) is 25.1. The second kappa shape index (κ2) is 21.3. The number of carbonyl (C=O) groups is 4. The maximum absolute atomic E-state index is 12.0. The molecule has 35 heavy (non-hydrogen) atoms. The van der Waals surface area contributed by atoms with Crippen LogP contribution in [0.2, 0.25) is 0 Å². The summed E-state index contributed by atoms with van der Waals surface area (Å²) in [5.41, 5.74) is 0. The van der Waals surface area contributed by atoms with Crippen molar-refractivity contribution < 1.29 is 64.5 Å². The van der Waals surface area contributed by atoms with Crippen molar-refractivity contribution in [1.29, 1.82) is 0 Å². The molecule has 2 aliphatic rings. The van der Waals surface area contributed by atoms with E-state index in [1.54, 1.807) is 0 Å². The molecule has 2 rings (SSSR count). The fourth-order valence-electron chi connectivity index (χ4n) is 2.09. The Morgan fingerprint density at radius 3 is 1.17 bits per heavy atom. The van der Waals surface area contributed by atoms with E-state index >= 15 is 0 Å². The van der Waals surface area contributed by atoms with Gasteiger partial charge in [0.2, 0.25) is 0 Å². The van der Waals surface area contributed by atoms with Crippen LogP contribution in [0.5, 0.6) is 0 Å². The van der Waals surface area contributed by atoms with Crippen LogP contribution < -0.4 is 0 Å². The largest absolute Gasteiger partial charge is 0.350 e. The summed E-state index contributed by atoms with van der Waals surface area (Å²) in [4.78, 5) is 66.0. The number of carbonyl (C=O) groups excluding carboxylic acids is 4. The van der Waals surface area contributed by atoms with Crippen molar-refractivity contribution in [1.82, 2.24) is 10.5 Å². The summed E-state index contributed by atoms with van der Waals surface area (Å²) < 4.78 is 63.8. The molecule has 2 unspecified atom stereocenters. The Kier molecular flexibility index (Phi) is 29.5. The van der Waals surface area contributed by atoms with E-state index < -0.39 is 80.5 Å². The molecule has 0 saturated carbocycles. The van der Waals surface area contributed by atoms with E-state index in [-0.39, 0.29) is 194 Å². The van der Waals surface area contributed by atoms with Gasteiger partial charge < -0.3 is 19.4 Å². The van der Waals surface area contributed by atoms with E-state index in [2.05, 4.69) is 19.4 Å². The van der Waals surface area contributed by atoms with Crippen LogP contribution in [-0.4, -0.2) is 261 Å². The van der Waals surface area contributed by atoms with Gasteiger partial charge >= 0.3 is 23.9 Å². The Morgan fingerprint density at radius 2 is 0.886 bits per heavy atom. The summed E-state index contributed by atoms with van der Waals surface area (Å²) in [7, 11) is -10.4. The number of nitrogens with zero attached hydrogens (tertiary/aromatic N) is 2. The van der Waals surface area contributed by atoms with Crippen molar-refractivity contribution in [3.63, 3.8) is 0 Å². The van der Waals surface area contributed by atoms with Crippen molar-refractivity contribution >= 4 is 221 Å². The molecule has 0 spiro atoms. The molecule has 2 N–H and O–H groups in total. The first-order valence-electron chi connectivity index (χ1n) is 7.60. The van der Waals surface area contributed by atoms with E-state index in [1.165, 1.54) is 0 Å². The van der Waals surface area contributed by atoms with Crippen LogP contribution in [0.15, 0.2) is 0 Å². The molecule has 0 aromatic carbocycles. The molecular formula is C11H14N2Na6O14S2. The second-order valence-electron chi connectivity index (χ2n) is 5.63. The van der Waals surface area contributed by atoms with Crippen LogP contribution in [0.4, 0.5) is 0 Å². The maximum Gasteiger partial charge on any atom is 0.350 e. The zero-order chi connectivity index (χ0) is 22.0. The molecule has 2 heterocycles. The van der Waals surface area contributed by atoms with Crippen molar-refractivity contribution in [3.8, 4) is 0 Å². The topological polar surface area (TPSA) is 220 Å². The van der Waals surface area contributed by atoms with E-state index in [9.17, 15) is 36.0 Å². The van der Waals surface area contributed by atoms with Gasteiger partial charge in [-0.25, -0.2) is 9.59 Å². The van der Waals surface area contributed by atoms with E-state index in [0.717, 1.165) is 0 Å². The number of rotatable bonds is 2. The second-order valence-corrected chi connectivity index (χ2v) is 8.83. The van der Waals surface area contributed by atoms with Crippen LogP contribution in [0, 0.1) is 0 Å². The molecule has 2 fully saturated rings. The number of hydrogen-bond donors (Lipinski definition) is 2. The van der Waals surface area contributed by atoms with Gasteiger partial charge in [-0.05, 0) is 6.42 Å². The summed E-state index contributed by atoms with van der Waals surface area (Å²) in [5.74, 6) is -6.40. The van der Waals surface area contributed by atoms with Crippen LogP contribution >= 0.6 is 0 Å². The number of fused-ring (bicyclic) bond motifs is 4. The molecule has 6 radical (unpaired) electrons. The molecule has 0 aromatic rings. The molecular weight excluding hydrogens is 586 g/mol. The molecule has 0 amide bonds. The van der Waals surface area contributed by atoms with Crippen LogP contribution in [0.3, 0.4) is 0 Å². The standard InChI is InChI=1S/C11H14N2O14S2.6Na/c14-8-4-6(28(18,19)20)10(16)26-13-3-1-2-12(24-8)25-9(15)5-7(11(17)27-13)29(21,22)23;;;;;;/h6-7H,1-5H2,(H,18,19,20)(H,21,22,23);;;;;;. The molecule has 24 heteroatoms. The molecule has 2 atom stereocenters. The third-order valence-corrected chi connectivity index (χ3v) is 5.58. The molecule has 170 valence electrons. The van der Waals surface area contributed by atoms with E-state index in [0.29, 0.717) is 0 Å². The number of hydrogen-bond acceptors (Lipinski definition) is 14. The minimum Gasteiger partial charge on any atom is -0.333 e. The van der Waals surface area contributed by atoms with Crippen LogP contribution in [0.1, 0.15) is 19.3 Å². The number of hydroxylamine groups is 4. The Labute approximate surface area is 333 Å². The van der Waals surface area contributed by atoms with E-state index in [1.807, 2.05) is 0 Å². The average Bonchev–Trinajstić information content (AvgIpc) is 2.57. The zero-order valence-corrected chi connectivity index (χ0v) is 33.8. The van der Waals surface area contributed by atoms with Crippen molar-refractivity contribution in [2.75, 3.05) is 13.1 Å². The van der Waals surface area contributed by atoms with Gasteiger partial charge in [0.1, 0.15) is 0 Å². The minimum absolute atomic E-state index is 0. The zero-order valence-electron chi connectivity index (χ0n) is 20.2. The Balaban J connectivity index is -0.000000500. The minimum atomic E-state index is -5.20. The SMILES string of the molecule is O=C1CC(S(=O)(=O)O)C(=O)ON2CCCN(O1)OC(=O)CC(S(=O)(=O)O)C(=O)O2.[Na].[Na].[Na].[Na].[Na].[Na]. The third-order valence-electron chi connectivity index (χ3n) is 3.42. The van der Waals surface area contributed by atoms with Gasteiger partial charge in [0.25, 0.3) is 20.2 Å². The summed E-state index contributed by atoms with van der Waals surface area (Å²) in [5, 5.41) is -4.69. The van der Waals surface area contributed by atoms with Gasteiger partial charge in [-0.1, -0.05) is 0 Å². The van der Waals surface area contributed by atoms with Gasteiger partial charge in [-0.3, -0.25) is 18.7 Å². The van der Waals surface area contributed by atoms with Gasteiger partial charge in [0.15, 0.2) is 10.5 Å². The predicted molar refractivity (Wildman–Crippen MR) is 117 cm³/mol. The van der Waals surface area contributed by atoms with Crippen molar-refractivity contribution in [2.45, 2.75) is 29.8 Å². The molecule has 16 nitrogen and oxygen atoms in total. The molecule has 2 aliphatic heterocycles. The molecule has 2 bridgehead atoms. The van der Waals surface area contributed by atoms with Gasteiger partial charge in [0.05, 0.1) is 25.9 Å². The monoisotopic (exact) mass is 600 g/mol. The van der Waals surface area contributed by atoms with Crippen molar-refractivity contribution in [3.05, 3.63) is 0 Å². The van der Waals surface area contributed by atoms with Gasteiger partial charge in [0, 0.05) is 188 Å². The smallest absolute Gasteiger partial charge is 0.333 e. The van der Waals surface area contributed by atoms with Crippen molar-refractivity contribution in [2.24, 2.45) is 0 Å². The Bertz CT molecular complexity index is 865. The van der Waals surface area contributed by atoms with Gasteiger partial charge in [-0.15, -0.1) is 0 Å². The first-order valence-corrected chi connectivity index (χ1v) is 10.6. The molecule has 0 aliphatic carbocycles. The Hall–Kier alpha value is 3.62. The summed E-state index contributed by atoms with van der Waals surface area (Å²) >= 11 is 0. The first-order chi connectivity index (χ1) is 13.3. The maximum atomic E-state index is 12.0. The fourth-order valence-corrected chi connectivity index (χ4v) is 3.36. The molecule has 0 aromatic heterocycles. The predicted octanol–water partition coefficient (Wildman–Crippen LogP) is -5.15. The Morgan fingerprint density at radius 1 is 0.600 bits per heavy atom.